The molecule has 7 nitrogen and oxygen atoms in total. The van der Waals surface area contributed by atoms with Gasteiger partial charge in [-0.2, -0.15) is 0 Å². The van der Waals surface area contributed by atoms with Crippen LogP contribution in [0.15, 0.2) is 22.7 Å². The number of hydrogen-bond donors (Lipinski definition) is 2. The molecule has 25 heavy (non-hydrogen) atoms. The Morgan fingerprint density at radius 1 is 1.24 bits per heavy atom. The lowest BCUT2D eigenvalue weighted by molar-refractivity contribution is 0.0139. The molecule has 0 radical (unpaired) electrons. The molecule has 1 heterocycles. The summed E-state index contributed by atoms with van der Waals surface area (Å²) in [7, 11) is 0. The first-order valence-corrected chi connectivity index (χ1v) is 8.98. The van der Waals surface area contributed by atoms with E-state index in [0.717, 1.165) is 23.1 Å². The zero-order valence-electron chi connectivity index (χ0n) is 14.8. The molecular formula is C17H25BrN4O3. The molecule has 8 heteroatoms. The predicted octanol–water partition coefficient (Wildman–Crippen LogP) is 2.99. The van der Waals surface area contributed by atoms with E-state index in [1.165, 1.54) is 0 Å². The average molecular weight is 413 g/mol. The van der Waals surface area contributed by atoms with E-state index in [0.29, 0.717) is 25.3 Å². The van der Waals surface area contributed by atoms with Crippen LogP contribution in [-0.2, 0) is 11.3 Å². The lowest BCUT2D eigenvalue weighted by Gasteiger charge is -2.35. The predicted molar refractivity (Wildman–Crippen MR) is 100 cm³/mol. The molecule has 138 valence electrons. The lowest BCUT2D eigenvalue weighted by atomic mass is 10.1. The number of nitrogens with two attached hydrogens (primary N) is 1. The van der Waals surface area contributed by atoms with Crippen molar-refractivity contribution in [2.75, 3.05) is 31.5 Å². The van der Waals surface area contributed by atoms with Gasteiger partial charge >= 0.3 is 12.1 Å². The van der Waals surface area contributed by atoms with Gasteiger partial charge < -0.3 is 20.7 Å². The summed E-state index contributed by atoms with van der Waals surface area (Å²) in [6, 6.07) is 5.06. The second kappa shape index (κ2) is 8.05. The molecule has 1 aromatic carbocycles. The highest BCUT2D eigenvalue weighted by molar-refractivity contribution is 9.10. The number of halogens is 1. The number of carbonyl (C=O) groups excluding carboxylic acids is 2. The highest BCUT2D eigenvalue weighted by Gasteiger charge is 2.26. The van der Waals surface area contributed by atoms with E-state index in [1.54, 1.807) is 4.90 Å². The summed E-state index contributed by atoms with van der Waals surface area (Å²) in [4.78, 5) is 27.2. The third kappa shape index (κ3) is 6.21. The molecule has 3 amide bonds. The molecule has 0 saturated carbocycles. The van der Waals surface area contributed by atoms with Crippen molar-refractivity contribution in [1.29, 1.82) is 0 Å². The van der Waals surface area contributed by atoms with Crippen molar-refractivity contribution in [1.82, 2.24) is 9.80 Å². The number of anilines is 1. The number of urea groups is 1. The smallest absolute Gasteiger partial charge is 0.410 e. The number of hydrogen-bond acceptors (Lipinski definition) is 4. The molecule has 0 unspecified atom stereocenters. The molecule has 1 aromatic rings. The average Bonchev–Trinajstić information content (AvgIpc) is 2.48. The molecule has 1 fully saturated rings. The van der Waals surface area contributed by atoms with Crippen molar-refractivity contribution in [2.24, 2.45) is 5.73 Å². The Labute approximate surface area is 156 Å². The van der Waals surface area contributed by atoms with Crippen LogP contribution in [-0.4, -0.2) is 53.7 Å². The molecule has 1 aliphatic heterocycles. The topological polar surface area (TPSA) is 87.9 Å². The highest BCUT2D eigenvalue weighted by Crippen LogP contribution is 2.23. The molecule has 1 aliphatic rings. The number of nitrogens with zero attached hydrogens (tertiary/aromatic N) is 2. The number of benzene rings is 1. The van der Waals surface area contributed by atoms with Crippen molar-refractivity contribution in [3.63, 3.8) is 0 Å². The first kappa shape index (κ1) is 19.5. The fraction of sp³-hybridized carbons (Fsp3) is 0.529. The Hall–Kier alpha value is -1.80. The first-order valence-electron chi connectivity index (χ1n) is 8.19. The monoisotopic (exact) mass is 412 g/mol. The number of rotatable bonds is 3. The second-order valence-electron chi connectivity index (χ2n) is 7.03. The van der Waals surface area contributed by atoms with Gasteiger partial charge in [-0.05, 0) is 44.5 Å². The van der Waals surface area contributed by atoms with Crippen LogP contribution in [0.25, 0.3) is 0 Å². The van der Waals surface area contributed by atoms with Crippen molar-refractivity contribution in [3.8, 4) is 0 Å². The summed E-state index contributed by atoms with van der Waals surface area (Å²) in [5.74, 6) is 0. The maximum atomic E-state index is 12.1. The summed E-state index contributed by atoms with van der Waals surface area (Å²) < 4.78 is 6.35. The standard InChI is InChI=1S/C17H25BrN4O3/c1-17(2,3)25-16(24)22-8-6-21(7-9-22)11-12-10-13(18)4-5-14(12)20-15(19)23/h4-5,10H,6-9,11H2,1-3H3,(H3,19,20,23). The second-order valence-corrected chi connectivity index (χ2v) is 7.95. The minimum Gasteiger partial charge on any atom is -0.444 e. The molecule has 0 aliphatic carbocycles. The number of carbonyl (C=O) groups is 2. The van der Waals surface area contributed by atoms with E-state index in [9.17, 15) is 9.59 Å². The van der Waals surface area contributed by atoms with Gasteiger partial charge in [-0.25, -0.2) is 9.59 Å². The summed E-state index contributed by atoms with van der Waals surface area (Å²) in [5.41, 5.74) is 6.42. The van der Waals surface area contributed by atoms with Gasteiger partial charge in [0.05, 0.1) is 0 Å². The maximum Gasteiger partial charge on any atom is 0.410 e. The summed E-state index contributed by atoms with van der Waals surface area (Å²) >= 11 is 3.45. The van der Waals surface area contributed by atoms with Gasteiger partial charge in [0.1, 0.15) is 5.60 Å². The van der Waals surface area contributed by atoms with Crippen LogP contribution in [0.2, 0.25) is 0 Å². The molecule has 0 atom stereocenters. The molecule has 1 saturated heterocycles. The zero-order valence-corrected chi connectivity index (χ0v) is 16.4. The lowest BCUT2D eigenvalue weighted by Crippen LogP contribution is -2.49. The number of amides is 3. The first-order chi connectivity index (χ1) is 11.6. The quantitative estimate of drug-likeness (QED) is 0.798. The largest absolute Gasteiger partial charge is 0.444 e. The van der Waals surface area contributed by atoms with Gasteiger partial charge in [-0.3, -0.25) is 4.90 Å². The third-order valence-electron chi connectivity index (χ3n) is 3.74. The van der Waals surface area contributed by atoms with Crippen LogP contribution in [0.1, 0.15) is 26.3 Å². The fourth-order valence-corrected chi connectivity index (χ4v) is 3.01. The van der Waals surface area contributed by atoms with Gasteiger partial charge in [0.2, 0.25) is 0 Å². The number of ether oxygens (including phenoxy) is 1. The molecular weight excluding hydrogens is 388 g/mol. The van der Waals surface area contributed by atoms with Crippen molar-refractivity contribution >= 4 is 33.7 Å². The fourth-order valence-electron chi connectivity index (χ4n) is 2.60. The maximum absolute atomic E-state index is 12.1. The van der Waals surface area contributed by atoms with Crippen molar-refractivity contribution < 1.29 is 14.3 Å². The molecule has 0 aromatic heterocycles. The van der Waals surface area contributed by atoms with Gasteiger partial charge in [-0.1, -0.05) is 15.9 Å². The van der Waals surface area contributed by atoms with E-state index >= 15 is 0 Å². The third-order valence-corrected chi connectivity index (χ3v) is 4.24. The Balaban J connectivity index is 1.95. The van der Waals surface area contributed by atoms with Gasteiger partial charge in [-0.15, -0.1) is 0 Å². The van der Waals surface area contributed by atoms with E-state index in [-0.39, 0.29) is 6.09 Å². The number of nitrogens with one attached hydrogen (secondary N) is 1. The van der Waals surface area contributed by atoms with E-state index in [1.807, 2.05) is 39.0 Å². The molecule has 0 spiro atoms. The molecule has 0 bridgehead atoms. The number of primary amides is 1. The van der Waals surface area contributed by atoms with Crippen LogP contribution >= 0.6 is 15.9 Å². The van der Waals surface area contributed by atoms with E-state index in [4.69, 9.17) is 10.5 Å². The summed E-state index contributed by atoms with van der Waals surface area (Å²) in [6.45, 7) is 8.95. The highest BCUT2D eigenvalue weighted by atomic mass is 79.9. The minimum absolute atomic E-state index is 0.273. The van der Waals surface area contributed by atoms with Gasteiger partial charge in [0.15, 0.2) is 0 Å². The van der Waals surface area contributed by atoms with Crippen LogP contribution in [0.4, 0.5) is 15.3 Å². The van der Waals surface area contributed by atoms with E-state index in [2.05, 4.69) is 26.1 Å². The van der Waals surface area contributed by atoms with Crippen LogP contribution in [0.5, 0.6) is 0 Å². The van der Waals surface area contributed by atoms with Crippen molar-refractivity contribution in [3.05, 3.63) is 28.2 Å². The Morgan fingerprint density at radius 2 is 1.88 bits per heavy atom. The zero-order chi connectivity index (χ0) is 18.6. The van der Waals surface area contributed by atoms with Crippen molar-refractivity contribution in [2.45, 2.75) is 32.9 Å². The Kier molecular flexibility index (Phi) is 6.29. The molecule has 3 N–H and O–H groups in total. The minimum atomic E-state index is -0.585. The summed E-state index contributed by atoms with van der Waals surface area (Å²) in [5, 5.41) is 2.65. The summed E-state index contributed by atoms with van der Waals surface area (Å²) in [6.07, 6.45) is -0.273. The normalized spacial score (nSPS) is 15.8. The van der Waals surface area contributed by atoms with E-state index < -0.39 is 11.6 Å². The SMILES string of the molecule is CC(C)(C)OC(=O)N1CCN(Cc2cc(Br)ccc2NC(N)=O)CC1. The van der Waals surface area contributed by atoms with Crippen LogP contribution < -0.4 is 11.1 Å². The Bertz CT molecular complexity index is 637. The number of piperazine rings is 1. The Morgan fingerprint density at radius 3 is 2.44 bits per heavy atom. The van der Waals surface area contributed by atoms with Gasteiger partial charge in [0.25, 0.3) is 0 Å². The van der Waals surface area contributed by atoms with Crippen LogP contribution in [0, 0.1) is 0 Å². The molecule has 2 rings (SSSR count). The van der Waals surface area contributed by atoms with Gasteiger partial charge in [0, 0.05) is 42.9 Å². The van der Waals surface area contributed by atoms with Crippen LogP contribution in [0.3, 0.4) is 0 Å².